The number of anilines is 1. The second kappa shape index (κ2) is 7.31. The van der Waals surface area contributed by atoms with Gasteiger partial charge in [-0.25, -0.2) is 0 Å². The minimum absolute atomic E-state index is 0.0741. The van der Waals surface area contributed by atoms with Crippen molar-refractivity contribution in [1.82, 2.24) is 9.88 Å². The number of carbonyl (C=O) groups is 1. The van der Waals surface area contributed by atoms with Gasteiger partial charge < -0.3 is 20.3 Å². The van der Waals surface area contributed by atoms with Gasteiger partial charge in [-0.15, -0.1) is 0 Å². The summed E-state index contributed by atoms with van der Waals surface area (Å²) in [6, 6.07) is 10.8. The lowest BCUT2D eigenvalue weighted by Gasteiger charge is -2.30. The van der Waals surface area contributed by atoms with Crippen LogP contribution in [0.3, 0.4) is 0 Å². The Balaban J connectivity index is 1.68. The Morgan fingerprint density at radius 1 is 1.33 bits per heavy atom. The molecule has 2 heterocycles. The van der Waals surface area contributed by atoms with E-state index in [-0.39, 0.29) is 11.5 Å². The van der Waals surface area contributed by atoms with Crippen molar-refractivity contribution in [2.75, 3.05) is 18.4 Å². The maximum atomic E-state index is 12.6. The van der Waals surface area contributed by atoms with Crippen LogP contribution in [-0.4, -0.2) is 40.1 Å². The first-order valence-electron chi connectivity index (χ1n) is 8.11. The highest BCUT2D eigenvalue weighted by Crippen LogP contribution is 2.17. The summed E-state index contributed by atoms with van der Waals surface area (Å²) in [6.45, 7) is 1.44. The lowest BCUT2D eigenvalue weighted by Crippen LogP contribution is -2.42. The molecule has 1 saturated heterocycles. The highest BCUT2D eigenvalue weighted by Gasteiger charge is 2.23. The van der Waals surface area contributed by atoms with Gasteiger partial charge in [0.2, 0.25) is 0 Å². The molecule has 0 spiro atoms. The lowest BCUT2D eigenvalue weighted by molar-refractivity contribution is 0.0474. The third kappa shape index (κ3) is 3.83. The summed E-state index contributed by atoms with van der Waals surface area (Å²) in [5.74, 6) is -0.0741. The van der Waals surface area contributed by atoms with E-state index in [1.807, 2.05) is 12.1 Å². The molecular weight excluding hydrogens is 306 g/mol. The lowest BCUT2D eigenvalue weighted by atomic mass is 10.1. The highest BCUT2D eigenvalue weighted by molar-refractivity contribution is 5.95. The van der Waals surface area contributed by atoms with E-state index in [2.05, 4.69) is 10.3 Å². The minimum atomic E-state index is -0.436. The van der Waals surface area contributed by atoms with Crippen molar-refractivity contribution in [3.63, 3.8) is 0 Å². The minimum Gasteiger partial charge on any atom is -0.391 e. The number of nitrogens with one attached hydrogen (secondary N) is 2. The van der Waals surface area contributed by atoms with Gasteiger partial charge in [0.15, 0.2) is 0 Å². The fraction of sp³-hybridized carbons (Fsp3) is 0.333. The third-order valence-electron chi connectivity index (χ3n) is 4.18. The van der Waals surface area contributed by atoms with E-state index in [1.54, 1.807) is 35.4 Å². The first-order valence-corrected chi connectivity index (χ1v) is 8.11. The van der Waals surface area contributed by atoms with Crippen LogP contribution in [0.25, 0.3) is 0 Å². The van der Waals surface area contributed by atoms with Crippen LogP contribution in [0.5, 0.6) is 0 Å². The summed E-state index contributed by atoms with van der Waals surface area (Å²) >= 11 is 0. The number of amides is 1. The van der Waals surface area contributed by atoms with Crippen molar-refractivity contribution in [2.45, 2.75) is 25.5 Å². The molecule has 3 rings (SSSR count). The number of hydrogen-bond acceptors (Lipinski definition) is 4. The van der Waals surface area contributed by atoms with Crippen molar-refractivity contribution in [2.24, 2.45) is 0 Å². The Morgan fingerprint density at radius 3 is 3.00 bits per heavy atom. The molecule has 1 aliphatic rings. The van der Waals surface area contributed by atoms with Crippen LogP contribution in [-0.2, 0) is 6.54 Å². The molecular formula is C18H21N3O3. The van der Waals surface area contributed by atoms with Crippen molar-refractivity contribution in [3.05, 3.63) is 64.1 Å². The van der Waals surface area contributed by atoms with Gasteiger partial charge in [-0.3, -0.25) is 9.59 Å². The molecule has 0 bridgehead atoms. The third-order valence-corrected chi connectivity index (χ3v) is 4.18. The van der Waals surface area contributed by atoms with Crippen LogP contribution in [0.4, 0.5) is 5.69 Å². The van der Waals surface area contributed by atoms with Gasteiger partial charge >= 0.3 is 0 Å². The monoisotopic (exact) mass is 327 g/mol. The molecule has 1 unspecified atom stereocenters. The number of rotatable bonds is 4. The van der Waals surface area contributed by atoms with Crippen molar-refractivity contribution in [1.29, 1.82) is 0 Å². The van der Waals surface area contributed by atoms with Gasteiger partial charge in [-0.05, 0) is 37.1 Å². The van der Waals surface area contributed by atoms with E-state index in [9.17, 15) is 14.7 Å². The summed E-state index contributed by atoms with van der Waals surface area (Å²) < 4.78 is 0. The zero-order valence-electron chi connectivity index (χ0n) is 13.4. The molecule has 1 aliphatic heterocycles. The van der Waals surface area contributed by atoms with E-state index in [0.717, 1.165) is 18.5 Å². The number of aliphatic hydroxyl groups is 1. The first kappa shape index (κ1) is 16.3. The Hall–Kier alpha value is -2.60. The quantitative estimate of drug-likeness (QED) is 0.796. The smallest absolute Gasteiger partial charge is 0.254 e. The first-order chi connectivity index (χ1) is 11.6. The summed E-state index contributed by atoms with van der Waals surface area (Å²) in [7, 11) is 0. The summed E-state index contributed by atoms with van der Waals surface area (Å²) in [6.07, 6.45) is 2.73. The number of benzene rings is 1. The summed E-state index contributed by atoms with van der Waals surface area (Å²) in [5.41, 5.74) is 1.87. The average molecular weight is 327 g/mol. The van der Waals surface area contributed by atoms with Crippen LogP contribution >= 0.6 is 0 Å². The number of aromatic nitrogens is 1. The Bertz CT molecular complexity index is 772. The number of likely N-dealkylation sites (tertiary alicyclic amines) is 1. The number of piperidine rings is 1. The van der Waals surface area contributed by atoms with Crippen molar-refractivity contribution in [3.8, 4) is 0 Å². The van der Waals surface area contributed by atoms with E-state index in [1.165, 1.54) is 0 Å². The number of aliphatic hydroxyl groups excluding tert-OH is 1. The van der Waals surface area contributed by atoms with Crippen LogP contribution in [0.1, 0.15) is 28.8 Å². The van der Waals surface area contributed by atoms with Gasteiger partial charge in [0.25, 0.3) is 11.5 Å². The highest BCUT2D eigenvalue weighted by atomic mass is 16.3. The van der Waals surface area contributed by atoms with Crippen LogP contribution in [0.2, 0.25) is 0 Å². The second-order valence-electron chi connectivity index (χ2n) is 6.01. The van der Waals surface area contributed by atoms with Crippen molar-refractivity contribution < 1.29 is 9.90 Å². The Kier molecular flexibility index (Phi) is 4.96. The molecule has 1 atom stereocenters. The van der Waals surface area contributed by atoms with E-state index < -0.39 is 6.10 Å². The average Bonchev–Trinajstić information content (AvgIpc) is 2.61. The fourth-order valence-electron chi connectivity index (χ4n) is 2.88. The van der Waals surface area contributed by atoms with Gasteiger partial charge in [-0.2, -0.15) is 0 Å². The molecule has 0 aliphatic carbocycles. The predicted molar refractivity (Wildman–Crippen MR) is 92.0 cm³/mol. The molecule has 0 radical (unpaired) electrons. The topological polar surface area (TPSA) is 85.4 Å². The molecule has 2 aromatic rings. The van der Waals surface area contributed by atoms with E-state index in [0.29, 0.717) is 30.8 Å². The molecule has 6 heteroatoms. The number of hydrogen-bond donors (Lipinski definition) is 3. The standard InChI is InChI=1S/C18H21N3O3/c22-16-7-3-9-21(12-16)18(24)13-4-1-6-15(10-13)20-11-14-5-2-8-19-17(14)23/h1-2,4-6,8,10,16,20,22H,3,7,9,11-12H2,(H,19,23). The molecule has 24 heavy (non-hydrogen) atoms. The SMILES string of the molecule is O=C(c1cccc(NCc2ccc[nH]c2=O)c1)N1CCCC(O)C1. The van der Waals surface area contributed by atoms with Gasteiger partial charge in [0.1, 0.15) is 0 Å². The molecule has 3 N–H and O–H groups in total. The molecule has 0 saturated carbocycles. The van der Waals surface area contributed by atoms with Gasteiger partial charge in [0, 0.05) is 42.6 Å². The summed E-state index contributed by atoms with van der Waals surface area (Å²) in [5, 5.41) is 12.9. The van der Waals surface area contributed by atoms with Crippen molar-refractivity contribution >= 4 is 11.6 Å². The maximum Gasteiger partial charge on any atom is 0.254 e. The van der Waals surface area contributed by atoms with Crippen LogP contribution < -0.4 is 10.9 Å². The van der Waals surface area contributed by atoms with Crippen LogP contribution in [0.15, 0.2) is 47.4 Å². The zero-order chi connectivity index (χ0) is 16.9. The van der Waals surface area contributed by atoms with E-state index >= 15 is 0 Å². The van der Waals surface area contributed by atoms with Gasteiger partial charge in [0.05, 0.1) is 6.10 Å². The van der Waals surface area contributed by atoms with Crippen LogP contribution in [0, 0.1) is 0 Å². The number of H-pyrrole nitrogens is 1. The number of pyridine rings is 1. The molecule has 126 valence electrons. The normalized spacial score (nSPS) is 17.5. The maximum absolute atomic E-state index is 12.6. The fourth-order valence-corrected chi connectivity index (χ4v) is 2.88. The number of aromatic amines is 1. The molecule has 1 fully saturated rings. The Morgan fingerprint density at radius 2 is 2.21 bits per heavy atom. The zero-order valence-corrected chi connectivity index (χ0v) is 13.4. The number of β-amino-alcohol motifs (C(OH)–C–C–N with tert-alkyl or cyclic N) is 1. The molecule has 1 aromatic heterocycles. The van der Waals surface area contributed by atoms with Gasteiger partial charge in [-0.1, -0.05) is 12.1 Å². The molecule has 6 nitrogen and oxygen atoms in total. The largest absolute Gasteiger partial charge is 0.391 e. The Labute approximate surface area is 140 Å². The molecule has 1 aromatic carbocycles. The van der Waals surface area contributed by atoms with E-state index in [4.69, 9.17) is 0 Å². The second-order valence-corrected chi connectivity index (χ2v) is 6.01. The molecule has 1 amide bonds. The number of nitrogens with zero attached hydrogens (tertiary/aromatic N) is 1. The summed E-state index contributed by atoms with van der Waals surface area (Å²) in [4.78, 5) is 28.6. The number of carbonyl (C=O) groups excluding carboxylic acids is 1. The predicted octanol–water partition coefficient (Wildman–Crippen LogP) is 1.58.